The van der Waals surface area contributed by atoms with Crippen LogP contribution in [0.3, 0.4) is 0 Å². The second-order valence-corrected chi connectivity index (χ2v) is 5.95. The molecule has 0 bridgehead atoms. The summed E-state index contributed by atoms with van der Waals surface area (Å²) in [7, 11) is 0. The normalized spacial score (nSPS) is 17.5. The fourth-order valence-electron chi connectivity index (χ4n) is 2.75. The number of hydrogen-bond acceptors (Lipinski definition) is 4. The number of benzene rings is 2. The first kappa shape index (κ1) is 16.4. The number of nitrogens with zero attached hydrogens (tertiary/aromatic N) is 1. The number of carbonyl (C=O) groups is 1. The molecule has 2 aromatic rings. The van der Waals surface area contributed by atoms with Gasteiger partial charge in [-0.1, -0.05) is 18.2 Å². The van der Waals surface area contributed by atoms with Crippen LogP contribution in [-0.2, 0) is 13.1 Å². The smallest absolute Gasteiger partial charge is 0.274 e. The average molecular weight is 330 g/mol. The third kappa shape index (κ3) is 3.55. The van der Waals surface area contributed by atoms with Crippen molar-refractivity contribution >= 4 is 5.91 Å². The first-order chi connectivity index (χ1) is 11.6. The van der Waals surface area contributed by atoms with Crippen LogP contribution < -0.4 is 10.2 Å². The molecule has 6 heteroatoms. The van der Waals surface area contributed by atoms with E-state index in [0.717, 1.165) is 11.1 Å². The molecule has 1 unspecified atom stereocenters. The van der Waals surface area contributed by atoms with Gasteiger partial charge in [0, 0.05) is 30.3 Å². The fraction of sp³-hybridized carbons (Fsp3) is 0.278. The molecule has 0 spiro atoms. The molecule has 0 saturated carbocycles. The second kappa shape index (κ2) is 6.98. The average Bonchev–Trinajstić information content (AvgIpc) is 2.75. The molecular formula is C18H19FN2O3. The summed E-state index contributed by atoms with van der Waals surface area (Å²) in [6.45, 7) is 3.90. The van der Waals surface area contributed by atoms with Crippen LogP contribution in [0, 0.1) is 5.82 Å². The Morgan fingerprint density at radius 2 is 2.08 bits per heavy atom. The minimum absolute atomic E-state index is 0.164. The highest BCUT2D eigenvalue weighted by molar-refractivity contribution is 5.93. The number of rotatable bonds is 3. The Hall–Kier alpha value is -2.44. The molecule has 0 aromatic heterocycles. The van der Waals surface area contributed by atoms with Crippen LogP contribution in [0.4, 0.5) is 4.39 Å². The lowest BCUT2D eigenvalue weighted by Gasteiger charge is -2.26. The van der Waals surface area contributed by atoms with Crippen LogP contribution in [0.2, 0.25) is 0 Å². The molecule has 126 valence electrons. The quantitative estimate of drug-likeness (QED) is 0.671. The number of carbonyl (C=O) groups excluding carboxylic acids is 1. The van der Waals surface area contributed by atoms with E-state index in [1.807, 2.05) is 6.07 Å². The maximum Gasteiger partial charge on any atom is 0.274 e. The van der Waals surface area contributed by atoms with Crippen molar-refractivity contribution in [1.29, 1.82) is 0 Å². The van der Waals surface area contributed by atoms with Crippen molar-refractivity contribution in [2.24, 2.45) is 0 Å². The van der Waals surface area contributed by atoms with Gasteiger partial charge in [0.2, 0.25) is 0 Å². The van der Waals surface area contributed by atoms with Crippen LogP contribution in [0.15, 0.2) is 42.5 Å². The molecule has 1 aliphatic heterocycles. The first-order valence-corrected chi connectivity index (χ1v) is 7.75. The predicted octanol–water partition coefficient (Wildman–Crippen LogP) is 2.73. The molecule has 2 aromatic carbocycles. The maximum atomic E-state index is 13.1. The number of hydroxylamine groups is 1. The number of nitrogens with one attached hydrogen (secondary N) is 1. The summed E-state index contributed by atoms with van der Waals surface area (Å²) in [6.07, 6.45) is 0. The highest BCUT2D eigenvalue weighted by Crippen LogP contribution is 2.27. The van der Waals surface area contributed by atoms with Crippen molar-refractivity contribution in [3.05, 3.63) is 65.0 Å². The summed E-state index contributed by atoms with van der Waals surface area (Å²) in [5, 5.41) is 8.74. The van der Waals surface area contributed by atoms with Gasteiger partial charge in [-0.3, -0.25) is 14.9 Å². The molecular weight excluding hydrogens is 311 g/mol. The van der Waals surface area contributed by atoms with E-state index in [4.69, 9.17) is 9.94 Å². The van der Waals surface area contributed by atoms with E-state index in [0.29, 0.717) is 31.0 Å². The topological polar surface area (TPSA) is 61.8 Å². The molecule has 0 aliphatic carbocycles. The molecule has 1 atom stereocenters. The Bertz CT molecular complexity index is 734. The molecule has 1 aliphatic rings. The van der Waals surface area contributed by atoms with Gasteiger partial charge in [0.05, 0.1) is 0 Å². The van der Waals surface area contributed by atoms with Crippen LogP contribution in [0.1, 0.15) is 28.4 Å². The SMILES string of the molecule is CC1COc2cc(C(=O)NO)ccc2CN1Cc1ccc(F)cc1. The van der Waals surface area contributed by atoms with Crippen molar-refractivity contribution in [3.8, 4) is 5.75 Å². The third-order valence-electron chi connectivity index (χ3n) is 4.21. The molecule has 0 saturated heterocycles. The van der Waals surface area contributed by atoms with Gasteiger partial charge >= 0.3 is 0 Å². The minimum Gasteiger partial charge on any atom is -0.492 e. The molecule has 3 rings (SSSR count). The van der Waals surface area contributed by atoms with Crippen molar-refractivity contribution in [1.82, 2.24) is 10.4 Å². The number of fused-ring (bicyclic) bond motifs is 1. The van der Waals surface area contributed by atoms with Gasteiger partial charge in [-0.15, -0.1) is 0 Å². The Morgan fingerprint density at radius 3 is 2.79 bits per heavy atom. The van der Waals surface area contributed by atoms with Gasteiger partial charge in [0.15, 0.2) is 0 Å². The number of amides is 1. The largest absolute Gasteiger partial charge is 0.492 e. The van der Waals surface area contributed by atoms with Crippen LogP contribution in [0.25, 0.3) is 0 Å². The van der Waals surface area contributed by atoms with Crippen molar-refractivity contribution in [2.45, 2.75) is 26.1 Å². The summed E-state index contributed by atoms with van der Waals surface area (Å²) in [4.78, 5) is 13.8. The van der Waals surface area contributed by atoms with Gasteiger partial charge in [0.1, 0.15) is 18.2 Å². The zero-order valence-electron chi connectivity index (χ0n) is 13.3. The molecule has 0 fully saturated rings. The third-order valence-corrected chi connectivity index (χ3v) is 4.21. The van der Waals surface area contributed by atoms with Crippen molar-refractivity contribution in [3.63, 3.8) is 0 Å². The van der Waals surface area contributed by atoms with Crippen LogP contribution in [0.5, 0.6) is 5.75 Å². The number of ether oxygens (including phenoxy) is 1. The van der Waals surface area contributed by atoms with Crippen molar-refractivity contribution < 1.29 is 19.1 Å². The monoisotopic (exact) mass is 330 g/mol. The van der Waals surface area contributed by atoms with E-state index in [1.54, 1.807) is 29.7 Å². The van der Waals surface area contributed by atoms with Crippen molar-refractivity contribution in [2.75, 3.05) is 6.61 Å². The van der Waals surface area contributed by atoms with Crippen LogP contribution in [-0.4, -0.2) is 28.7 Å². The molecule has 0 radical (unpaired) electrons. The van der Waals surface area contributed by atoms with Gasteiger partial charge in [0.25, 0.3) is 5.91 Å². The Balaban J connectivity index is 1.81. The zero-order valence-corrected chi connectivity index (χ0v) is 13.3. The lowest BCUT2D eigenvalue weighted by molar-refractivity contribution is 0.0706. The summed E-state index contributed by atoms with van der Waals surface area (Å²) in [5.41, 5.74) is 3.97. The van der Waals surface area contributed by atoms with Gasteiger partial charge < -0.3 is 4.74 Å². The highest BCUT2D eigenvalue weighted by Gasteiger charge is 2.22. The second-order valence-electron chi connectivity index (χ2n) is 5.95. The Kier molecular flexibility index (Phi) is 4.78. The number of halogens is 1. The van der Waals surface area contributed by atoms with E-state index in [2.05, 4.69) is 11.8 Å². The maximum absolute atomic E-state index is 13.1. The van der Waals surface area contributed by atoms with E-state index in [9.17, 15) is 9.18 Å². The minimum atomic E-state index is -0.568. The molecule has 24 heavy (non-hydrogen) atoms. The molecule has 2 N–H and O–H groups in total. The Morgan fingerprint density at radius 1 is 1.33 bits per heavy atom. The molecule has 5 nitrogen and oxygen atoms in total. The lowest BCUT2D eigenvalue weighted by atomic mass is 10.1. The van der Waals surface area contributed by atoms with Crippen LogP contribution >= 0.6 is 0 Å². The first-order valence-electron chi connectivity index (χ1n) is 7.75. The van der Waals surface area contributed by atoms with Gasteiger partial charge in [-0.05, 0) is 36.8 Å². The zero-order chi connectivity index (χ0) is 17.1. The predicted molar refractivity (Wildman–Crippen MR) is 86.3 cm³/mol. The highest BCUT2D eigenvalue weighted by atomic mass is 19.1. The van der Waals surface area contributed by atoms with E-state index in [-0.39, 0.29) is 11.9 Å². The number of hydrogen-bond donors (Lipinski definition) is 2. The van der Waals surface area contributed by atoms with Gasteiger partial charge in [-0.2, -0.15) is 0 Å². The molecule has 1 heterocycles. The summed E-state index contributed by atoms with van der Waals surface area (Å²) in [6, 6.07) is 11.8. The fourth-order valence-corrected chi connectivity index (χ4v) is 2.75. The van der Waals surface area contributed by atoms with Gasteiger partial charge in [-0.25, -0.2) is 9.87 Å². The summed E-state index contributed by atoms with van der Waals surface area (Å²) < 4.78 is 18.9. The summed E-state index contributed by atoms with van der Waals surface area (Å²) >= 11 is 0. The van der Waals surface area contributed by atoms with E-state index in [1.165, 1.54) is 12.1 Å². The van der Waals surface area contributed by atoms with E-state index >= 15 is 0 Å². The standard InChI is InChI=1S/C18H19FN2O3/c1-12-11-24-17-8-14(18(22)20-23)4-5-15(17)10-21(12)9-13-2-6-16(19)7-3-13/h2-8,12,23H,9-11H2,1H3,(H,20,22). The lowest BCUT2D eigenvalue weighted by Crippen LogP contribution is -2.34. The van der Waals surface area contributed by atoms with E-state index < -0.39 is 5.91 Å². The molecule has 1 amide bonds. The summed E-state index contributed by atoms with van der Waals surface area (Å²) in [5.74, 6) is -0.169. The Labute approximate surface area is 139 Å².